The Kier molecular flexibility index (Phi) is 3.40. The first-order chi connectivity index (χ1) is 8.61. The lowest BCUT2D eigenvalue weighted by atomic mass is 10.1. The molecule has 1 heterocycles. The summed E-state index contributed by atoms with van der Waals surface area (Å²) in [6.45, 7) is -0.423. The molecule has 0 saturated carbocycles. The number of aliphatic hydroxyl groups is 2. The normalized spacial score (nSPS) is 12.3. The van der Waals surface area contributed by atoms with Crippen molar-refractivity contribution in [3.05, 3.63) is 52.3 Å². The van der Waals surface area contributed by atoms with Crippen molar-refractivity contribution in [1.82, 2.24) is 0 Å². The van der Waals surface area contributed by atoms with Gasteiger partial charge in [-0.2, -0.15) is 0 Å². The number of non-ortho nitro benzene ring substituents is 1. The number of aliphatic hydroxyl groups excluding tert-OH is 2. The molecule has 1 atom stereocenters. The maximum absolute atomic E-state index is 10.5. The third-order valence-corrected chi connectivity index (χ3v) is 2.49. The molecule has 0 amide bonds. The molecule has 0 aliphatic heterocycles. The first-order valence-corrected chi connectivity index (χ1v) is 5.25. The highest BCUT2D eigenvalue weighted by molar-refractivity contribution is 5.59. The Hall–Kier alpha value is -2.18. The van der Waals surface area contributed by atoms with Gasteiger partial charge in [-0.05, 0) is 24.3 Å². The molecule has 94 valence electrons. The van der Waals surface area contributed by atoms with E-state index >= 15 is 0 Å². The fraction of sp³-hybridized carbons (Fsp3) is 0.167. The number of nitro groups is 1. The van der Waals surface area contributed by atoms with E-state index in [1.165, 1.54) is 12.1 Å². The average molecular weight is 249 g/mol. The Morgan fingerprint density at radius 2 is 1.89 bits per heavy atom. The van der Waals surface area contributed by atoms with Gasteiger partial charge >= 0.3 is 0 Å². The number of nitrogens with zero attached hydrogens (tertiary/aromatic N) is 1. The van der Waals surface area contributed by atoms with E-state index in [9.17, 15) is 15.2 Å². The van der Waals surface area contributed by atoms with Crippen LogP contribution < -0.4 is 0 Å². The maximum Gasteiger partial charge on any atom is 0.269 e. The minimum atomic E-state index is -1.06. The van der Waals surface area contributed by atoms with Crippen LogP contribution in [0.3, 0.4) is 0 Å². The molecule has 0 fully saturated rings. The van der Waals surface area contributed by atoms with Crippen LogP contribution in [0.2, 0.25) is 0 Å². The molecule has 6 heteroatoms. The Morgan fingerprint density at radius 3 is 2.44 bits per heavy atom. The van der Waals surface area contributed by atoms with Gasteiger partial charge in [-0.15, -0.1) is 0 Å². The maximum atomic E-state index is 10.5. The van der Waals surface area contributed by atoms with E-state index in [-0.39, 0.29) is 11.4 Å². The molecule has 6 nitrogen and oxygen atoms in total. The van der Waals surface area contributed by atoms with Crippen molar-refractivity contribution in [2.24, 2.45) is 0 Å². The minimum absolute atomic E-state index is 0.000854. The van der Waals surface area contributed by atoms with Crippen molar-refractivity contribution >= 4 is 5.69 Å². The van der Waals surface area contributed by atoms with Gasteiger partial charge in [-0.25, -0.2) is 0 Å². The highest BCUT2D eigenvalue weighted by atomic mass is 16.6. The van der Waals surface area contributed by atoms with Crippen LogP contribution in [0.1, 0.15) is 11.9 Å². The van der Waals surface area contributed by atoms with Gasteiger partial charge in [-0.3, -0.25) is 10.1 Å². The summed E-state index contributed by atoms with van der Waals surface area (Å²) in [7, 11) is 0. The molecule has 0 spiro atoms. The molecule has 1 aromatic carbocycles. The Labute approximate surface area is 102 Å². The molecule has 2 aromatic rings. The summed E-state index contributed by atoms with van der Waals surface area (Å²) in [5.41, 5.74) is 0.665. The van der Waals surface area contributed by atoms with Gasteiger partial charge in [0.15, 0.2) is 0 Å². The molecule has 0 saturated heterocycles. The van der Waals surface area contributed by atoms with E-state index in [1.807, 2.05) is 0 Å². The summed E-state index contributed by atoms with van der Waals surface area (Å²) in [6, 6.07) is 9.06. The number of hydrogen-bond donors (Lipinski definition) is 2. The van der Waals surface area contributed by atoms with Crippen LogP contribution in [0.4, 0.5) is 5.69 Å². The third kappa shape index (κ3) is 2.39. The predicted octanol–water partition coefficient (Wildman–Crippen LogP) is 1.88. The Bertz CT molecular complexity index is 546. The lowest BCUT2D eigenvalue weighted by Crippen LogP contribution is -1.99. The van der Waals surface area contributed by atoms with Gasteiger partial charge in [0, 0.05) is 17.7 Å². The van der Waals surface area contributed by atoms with Crippen LogP contribution >= 0.6 is 0 Å². The molecular formula is C12H11NO5. The van der Waals surface area contributed by atoms with E-state index in [4.69, 9.17) is 9.52 Å². The topological polar surface area (TPSA) is 96.7 Å². The minimum Gasteiger partial charge on any atom is -0.458 e. The van der Waals surface area contributed by atoms with Crippen LogP contribution in [0, 0.1) is 10.1 Å². The summed E-state index contributed by atoms with van der Waals surface area (Å²) in [4.78, 5) is 10.0. The Balaban J connectivity index is 2.26. The van der Waals surface area contributed by atoms with E-state index < -0.39 is 17.6 Å². The molecule has 0 aliphatic carbocycles. The van der Waals surface area contributed by atoms with Gasteiger partial charge in [0.25, 0.3) is 5.69 Å². The van der Waals surface area contributed by atoms with Gasteiger partial charge in [0.05, 0.1) is 11.5 Å². The standard InChI is InChI=1S/C12H11NO5/c14-7-10(15)12-6-5-11(18-12)8-1-3-9(4-2-8)13(16)17/h1-6,10,14-15H,7H2. The second kappa shape index (κ2) is 4.99. The van der Waals surface area contributed by atoms with Gasteiger partial charge in [0.1, 0.15) is 17.6 Å². The van der Waals surface area contributed by atoms with E-state index in [2.05, 4.69) is 0 Å². The zero-order valence-electron chi connectivity index (χ0n) is 9.31. The predicted molar refractivity (Wildman–Crippen MR) is 62.8 cm³/mol. The van der Waals surface area contributed by atoms with Gasteiger partial charge in [0.2, 0.25) is 0 Å². The lowest BCUT2D eigenvalue weighted by Gasteiger charge is -2.02. The second-order valence-corrected chi connectivity index (χ2v) is 3.70. The summed E-state index contributed by atoms with van der Waals surface area (Å²) in [5.74, 6) is 0.734. The molecule has 0 radical (unpaired) electrons. The van der Waals surface area contributed by atoms with Crippen molar-refractivity contribution < 1.29 is 19.6 Å². The quantitative estimate of drug-likeness (QED) is 0.637. The van der Waals surface area contributed by atoms with Crippen LogP contribution in [0.25, 0.3) is 11.3 Å². The molecule has 1 aromatic heterocycles. The van der Waals surface area contributed by atoms with E-state index in [0.29, 0.717) is 11.3 Å². The summed E-state index contributed by atoms with van der Waals surface area (Å²) in [5, 5.41) is 28.7. The van der Waals surface area contributed by atoms with Crippen molar-refractivity contribution in [3.8, 4) is 11.3 Å². The number of benzene rings is 1. The average Bonchev–Trinajstić information content (AvgIpc) is 2.87. The summed E-state index contributed by atoms with van der Waals surface area (Å²) in [6.07, 6.45) is -1.06. The summed E-state index contributed by atoms with van der Waals surface area (Å²) >= 11 is 0. The molecule has 2 N–H and O–H groups in total. The number of hydrogen-bond acceptors (Lipinski definition) is 5. The molecular weight excluding hydrogens is 238 g/mol. The third-order valence-electron chi connectivity index (χ3n) is 2.49. The van der Waals surface area contributed by atoms with Crippen molar-refractivity contribution in [2.45, 2.75) is 6.10 Å². The lowest BCUT2D eigenvalue weighted by molar-refractivity contribution is -0.384. The number of rotatable bonds is 4. The van der Waals surface area contributed by atoms with Crippen LogP contribution in [0.5, 0.6) is 0 Å². The molecule has 1 unspecified atom stereocenters. The van der Waals surface area contributed by atoms with Crippen LogP contribution in [0.15, 0.2) is 40.8 Å². The van der Waals surface area contributed by atoms with Crippen LogP contribution in [-0.2, 0) is 0 Å². The SMILES string of the molecule is O=[N+]([O-])c1ccc(-c2ccc(C(O)CO)o2)cc1. The first kappa shape index (κ1) is 12.3. The van der Waals surface area contributed by atoms with Crippen LogP contribution in [-0.4, -0.2) is 21.7 Å². The highest BCUT2D eigenvalue weighted by Crippen LogP contribution is 2.26. The van der Waals surface area contributed by atoms with Crippen molar-refractivity contribution in [1.29, 1.82) is 0 Å². The van der Waals surface area contributed by atoms with Gasteiger partial charge < -0.3 is 14.6 Å². The van der Waals surface area contributed by atoms with Crippen molar-refractivity contribution in [3.63, 3.8) is 0 Å². The van der Waals surface area contributed by atoms with Gasteiger partial charge in [-0.1, -0.05) is 0 Å². The van der Waals surface area contributed by atoms with E-state index in [1.54, 1.807) is 24.3 Å². The zero-order valence-corrected chi connectivity index (χ0v) is 9.31. The number of nitro benzene ring substituents is 1. The zero-order chi connectivity index (χ0) is 13.1. The molecule has 0 bridgehead atoms. The fourth-order valence-corrected chi connectivity index (χ4v) is 1.52. The molecule has 2 rings (SSSR count). The van der Waals surface area contributed by atoms with Crippen molar-refractivity contribution in [2.75, 3.05) is 6.61 Å². The highest BCUT2D eigenvalue weighted by Gasteiger charge is 2.13. The Morgan fingerprint density at radius 1 is 1.22 bits per heavy atom. The largest absolute Gasteiger partial charge is 0.458 e. The molecule has 0 aliphatic rings. The first-order valence-electron chi connectivity index (χ1n) is 5.25. The monoisotopic (exact) mass is 249 g/mol. The summed E-state index contributed by atoms with van der Waals surface area (Å²) < 4.78 is 5.34. The fourth-order valence-electron chi connectivity index (χ4n) is 1.52. The van der Waals surface area contributed by atoms with E-state index in [0.717, 1.165) is 0 Å². The number of furan rings is 1. The smallest absolute Gasteiger partial charge is 0.269 e. The second-order valence-electron chi connectivity index (χ2n) is 3.70. The molecule has 18 heavy (non-hydrogen) atoms.